The molecule has 326 valence electrons. The second-order valence-corrected chi connectivity index (χ2v) is 19.1. The van der Waals surface area contributed by atoms with Gasteiger partial charge in [0.1, 0.15) is 0 Å². The highest BCUT2D eigenvalue weighted by Gasteiger charge is 2.48. The van der Waals surface area contributed by atoms with Gasteiger partial charge in [-0.1, -0.05) is 206 Å². The van der Waals surface area contributed by atoms with E-state index >= 15 is 0 Å². The maximum absolute atomic E-state index is 2.51. The zero-order chi connectivity index (χ0) is 46.0. The number of rotatable bonds is 6. The van der Waals surface area contributed by atoms with E-state index in [1.807, 2.05) is 0 Å². The average molecular weight is 889 g/mol. The van der Waals surface area contributed by atoms with E-state index in [0.29, 0.717) is 0 Å². The number of aromatic nitrogens is 2. The topological polar surface area (TPSA) is 9.86 Å². The maximum Gasteiger partial charge on any atom is 0.0713 e. The molecule has 0 radical (unpaired) electrons. The van der Waals surface area contributed by atoms with Gasteiger partial charge in [0.25, 0.3) is 0 Å². The first kappa shape index (κ1) is 39.1. The summed E-state index contributed by atoms with van der Waals surface area (Å²) in [7, 11) is 0. The van der Waals surface area contributed by atoms with E-state index < -0.39 is 10.8 Å². The molecule has 2 nitrogen and oxygen atoms in total. The summed E-state index contributed by atoms with van der Waals surface area (Å²) in [4.78, 5) is 0. The highest BCUT2D eigenvalue weighted by Crippen LogP contribution is 2.59. The summed E-state index contributed by atoms with van der Waals surface area (Å²) in [6.07, 6.45) is 0. The number of benzene rings is 11. The van der Waals surface area contributed by atoms with Crippen LogP contribution in [0, 0.1) is 0 Å². The molecular weight excluding hydrogens is 845 g/mol. The van der Waals surface area contributed by atoms with Crippen molar-refractivity contribution in [3.63, 3.8) is 0 Å². The fraction of sp³-hybridized carbons (Fsp3) is 0.0294. The van der Waals surface area contributed by atoms with Gasteiger partial charge >= 0.3 is 0 Å². The van der Waals surface area contributed by atoms with E-state index in [9.17, 15) is 0 Å². The molecule has 0 aliphatic heterocycles. The summed E-state index contributed by atoms with van der Waals surface area (Å²) in [6.45, 7) is 0. The van der Waals surface area contributed by atoms with Crippen LogP contribution in [0.25, 0.3) is 77.2 Å². The second kappa shape index (κ2) is 14.8. The monoisotopic (exact) mass is 888 g/mol. The molecule has 2 aliphatic carbocycles. The molecule has 11 aromatic carbocycles. The fourth-order valence-electron chi connectivity index (χ4n) is 13.1. The highest BCUT2D eigenvalue weighted by atomic mass is 15.0. The molecule has 70 heavy (non-hydrogen) atoms. The van der Waals surface area contributed by atoms with E-state index in [1.54, 1.807) is 0 Å². The lowest BCUT2D eigenvalue weighted by molar-refractivity contribution is 0.769. The molecule has 0 amide bonds. The van der Waals surface area contributed by atoms with E-state index in [0.717, 1.165) is 11.4 Å². The van der Waals surface area contributed by atoms with Gasteiger partial charge < -0.3 is 9.13 Å². The molecule has 2 aliphatic rings. The van der Waals surface area contributed by atoms with Gasteiger partial charge in [-0.25, -0.2) is 0 Å². The highest BCUT2D eigenvalue weighted by molar-refractivity contribution is 6.13. The van der Waals surface area contributed by atoms with Crippen molar-refractivity contribution in [2.75, 3.05) is 0 Å². The van der Waals surface area contributed by atoms with Crippen molar-refractivity contribution < 1.29 is 0 Å². The molecule has 0 spiro atoms. The Bertz CT molecular complexity index is 3850. The van der Waals surface area contributed by atoms with Crippen molar-refractivity contribution in [3.8, 4) is 33.6 Å². The van der Waals surface area contributed by atoms with E-state index in [1.165, 1.54) is 110 Å². The molecule has 0 unspecified atom stereocenters. The Morgan fingerprint density at radius 3 is 0.900 bits per heavy atom. The molecule has 0 fully saturated rings. The summed E-state index contributed by atoms with van der Waals surface area (Å²) < 4.78 is 4.95. The summed E-state index contributed by atoms with van der Waals surface area (Å²) in [5.74, 6) is 0. The molecular formula is C68H44N2. The van der Waals surface area contributed by atoms with Crippen LogP contribution in [0.5, 0.6) is 0 Å². The number of fused-ring (bicyclic) bond motifs is 12. The van der Waals surface area contributed by atoms with Crippen molar-refractivity contribution in [1.29, 1.82) is 0 Å². The molecule has 0 bridgehead atoms. The number of nitrogens with zero attached hydrogens (tertiary/aromatic N) is 2. The summed E-state index contributed by atoms with van der Waals surface area (Å²) in [5, 5.41) is 4.99. The summed E-state index contributed by atoms with van der Waals surface area (Å²) in [5.41, 5.74) is 21.6. The zero-order valence-corrected chi connectivity index (χ0v) is 38.3. The van der Waals surface area contributed by atoms with Gasteiger partial charge in [0.15, 0.2) is 0 Å². The molecule has 15 rings (SSSR count). The smallest absolute Gasteiger partial charge is 0.0713 e. The lowest BCUT2D eigenvalue weighted by Crippen LogP contribution is -2.28. The largest absolute Gasteiger partial charge is 0.309 e. The molecule has 0 saturated carbocycles. The van der Waals surface area contributed by atoms with Crippen LogP contribution < -0.4 is 0 Å². The van der Waals surface area contributed by atoms with Crippen LogP contribution in [0.2, 0.25) is 0 Å². The van der Waals surface area contributed by atoms with Crippen LogP contribution in [0.15, 0.2) is 267 Å². The predicted molar refractivity (Wildman–Crippen MR) is 290 cm³/mol. The molecule has 0 N–H and O–H groups in total. The van der Waals surface area contributed by atoms with E-state index in [4.69, 9.17) is 0 Å². The van der Waals surface area contributed by atoms with Crippen molar-refractivity contribution >= 4 is 43.6 Å². The lowest BCUT2D eigenvalue weighted by Gasteiger charge is -2.34. The van der Waals surface area contributed by atoms with Gasteiger partial charge in [-0.15, -0.1) is 0 Å². The minimum atomic E-state index is -0.470. The molecule has 2 heterocycles. The average Bonchev–Trinajstić information content (AvgIpc) is 4.13. The fourth-order valence-corrected chi connectivity index (χ4v) is 13.1. The number of hydrogen-bond acceptors (Lipinski definition) is 0. The van der Waals surface area contributed by atoms with Crippen molar-refractivity contribution in [2.45, 2.75) is 10.8 Å². The van der Waals surface area contributed by atoms with Crippen molar-refractivity contribution in [3.05, 3.63) is 311 Å². The maximum atomic E-state index is 2.51. The normalized spacial score (nSPS) is 13.9. The second-order valence-electron chi connectivity index (χ2n) is 19.1. The first-order valence-corrected chi connectivity index (χ1v) is 24.4. The van der Waals surface area contributed by atoms with Crippen LogP contribution >= 0.6 is 0 Å². The third-order valence-electron chi connectivity index (χ3n) is 15.9. The minimum Gasteiger partial charge on any atom is -0.309 e. The van der Waals surface area contributed by atoms with Gasteiger partial charge in [-0.3, -0.25) is 0 Å². The van der Waals surface area contributed by atoms with Crippen molar-refractivity contribution in [1.82, 2.24) is 9.13 Å². The predicted octanol–water partition coefficient (Wildman–Crippen LogP) is 16.6. The van der Waals surface area contributed by atoms with Crippen LogP contribution in [-0.4, -0.2) is 9.13 Å². The number of hydrogen-bond donors (Lipinski definition) is 0. The Morgan fingerprint density at radius 1 is 0.214 bits per heavy atom. The SMILES string of the molecule is c1ccc(C2(c3ccccc3)c3ccccc3-c3cc4c(cc32)c2ccccc2n4-c2ccc(-n3c4ccccc4c4cc5c(cc43)-c3ccccc3C5(c3ccccc3)c3ccccc3)cc2)cc1. The van der Waals surface area contributed by atoms with Crippen molar-refractivity contribution in [2.24, 2.45) is 0 Å². The molecule has 13 aromatic rings. The molecule has 0 saturated heterocycles. The quantitative estimate of drug-likeness (QED) is 0.157. The van der Waals surface area contributed by atoms with E-state index in [2.05, 4.69) is 276 Å². The molecule has 2 aromatic heterocycles. The first-order chi connectivity index (χ1) is 34.7. The summed E-state index contributed by atoms with van der Waals surface area (Å²) in [6, 6.07) is 99.6. The minimum absolute atomic E-state index is 0.470. The van der Waals surface area contributed by atoms with Crippen LogP contribution in [-0.2, 0) is 10.8 Å². The number of para-hydroxylation sites is 2. The first-order valence-electron chi connectivity index (χ1n) is 24.4. The Morgan fingerprint density at radius 2 is 0.529 bits per heavy atom. The van der Waals surface area contributed by atoms with Gasteiger partial charge in [0.05, 0.1) is 32.9 Å². The van der Waals surface area contributed by atoms with Gasteiger partial charge in [0, 0.05) is 32.9 Å². The van der Waals surface area contributed by atoms with E-state index in [-0.39, 0.29) is 0 Å². The van der Waals surface area contributed by atoms with Crippen LogP contribution in [0.3, 0.4) is 0 Å². The lowest BCUT2D eigenvalue weighted by atomic mass is 9.67. The molecule has 0 atom stereocenters. The third kappa shape index (κ3) is 5.12. The third-order valence-corrected chi connectivity index (χ3v) is 15.9. The van der Waals surface area contributed by atoms with Gasteiger partial charge in [-0.2, -0.15) is 0 Å². The Kier molecular flexibility index (Phi) is 8.24. The van der Waals surface area contributed by atoms with Crippen LogP contribution in [0.1, 0.15) is 44.5 Å². The van der Waals surface area contributed by atoms with Crippen LogP contribution in [0.4, 0.5) is 0 Å². The molecule has 2 heteroatoms. The Hall–Kier alpha value is -8.98. The Balaban J connectivity index is 0.938. The standard InChI is InChI=1S/C68H44N2/c1-5-21-45(22-6-1)67(46-23-7-2-8-24-46)59-33-17-13-29-51(59)55-43-65-57(41-61(55)67)53-31-15-19-35-63(53)69(65)49-37-39-50(40-38-49)70-64-36-20-16-32-54(64)58-42-62-56(44-66(58)70)52-30-14-18-34-60(52)68(62,47-25-9-3-10-26-47)48-27-11-4-12-28-48/h1-44H. The van der Waals surface area contributed by atoms with Gasteiger partial charge in [-0.05, 0) is 127 Å². The zero-order valence-electron chi connectivity index (χ0n) is 38.3. The summed E-state index contributed by atoms with van der Waals surface area (Å²) >= 11 is 0. The Labute approximate surface area is 406 Å². The van der Waals surface area contributed by atoms with Gasteiger partial charge in [0.2, 0.25) is 0 Å².